The molecule has 0 aliphatic carbocycles. The molecule has 0 amide bonds. The van der Waals surface area contributed by atoms with Crippen molar-refractivity contribution >= 4 is 17.9 Å². The lowest BCUT2D eigenvalue weighted by Gasteiger charge is -2.37. The Balaban J connectivity index is 2.99. The molecule has 0 aromatic rings. The van der Waals surface area contributed by atoms with Gasteiger partial charge < -0.3 is 18.9 Å². The van der Waals surface area contributed by atoms with E-state index in [1.54, 1.807) is 6.07 Å². The Kier molecular flexibility index (Phi) is 5.46. The summed E-state index contributed by atoms with van der Waals surface area (Å²) >= 11 is 0. The van der Waals surface area contributed by atoms with Crippen molar-refractivity contribution in [2.75, 3.05) is 6.61 Å². The molecule has 1 rings (SSSR count). The van der Waals surface area contributed by atoms with Gasteiger partial charge in [-0.15, -0.1) is 0 Å². The van der Waals surface area contributed by atoms with E-state index in [1.807, 2.05) is 0 Å². The van der Waals surface area contributed by atoms with Crippen LogP contribution in [0, 0.1) is 11.3 Å². The van der Waals surface area contributed by atoms with Gasteiger partial charge in [-0.2, -0.15) is 5.26 Å². The molecule has 4 atom stereocenters. The second-order valence-corrected chi connectivity index (χ2v) is 4.18. The highest BCUT2D eigenvalue weighted by molar-refractivity contribution is 5.68. The van der Waals surface area contributed by atoms with E-state index in [0.29, 0.717) is 0 Å². The molecule has 0 saturated carbocycles. The second-order valence-electron chi connectivity index (χ2n) is 4.18. The molecule has 20 heavy (non-hydrogen) atoms. The fraction of sp³-hybridized carbons (Fsp3) is 0.667. The van der Waals surface area contributed by atoms with Gasteiger partial charge in [-0.05, 0) is 0 Å². The van der Waals surface area contributed by atoms with Gasteiger partial charge >= 0.3 is 17.9 Å². The third kappa shape index (κ3) is 4.20. The molecule has 0 aromatic carbocycles. The Morgan fingerprint density at radius 3 is 1.95 bits per heavy atom. The zero-order valence-corrected chi connectivity index (χ0v) is 11.3. The number of rotatable bonds is 3. The summed E-state index contributed by atoms with van der Waals surface area (Å²) in [4.78, 5) is 33.3. The first-order valence-electron chi connectivity index (χ1n) is 5.88. The van der Waals surface area contributed by atoms with Gasteiger partial charge in [0.05, 0.1) is 12.7 Å². The van der Waals surface area contributed by atoms with E-state index in [2.05, 4.69) is 0 Å². The minimum atomic E-state index is -1.15. The van der Waals surface area contributed by atoms with Crippen LogP contribution in [0.5, 0.6) is 0 Å². The second kappa shape index (κ2) is 6.86. The van der Waals surface area contributed by atoms with E-state index < -0.39 is 42.3 Å². The topological polar surface area (TPSA) is 112 Å². The van der Waals surface area contributed by atoms with E-state index in [4.69, 9.17) is 24.2 Å². The number of nitriles is 1. The molecule has 1 aliphatic rings. The van der Waals surface area contributed by atoms with Gasteiger partial charge in [0, 0.05) is 20.8 Å². The standard InChI is InChI=1S/C12H15NO7/c1-6(14)18-10-5-17-9(4-13)11(19-7(2)15)12(10)20-8(3)16/h9-12H,5H2,1-3H3/t9-,10-,11-,12+/m1/s1. The van der Waals surface area contributed by atoms with Gasteiger partial charge in [0.25, 0.3) is 0 Å². The quantitative estimate of drug-likeness (QED) is 0.513. The van der Waals surface area contributed by atoms with Crippen LogP contribution in [0.2, 0.25) is 0 Å². The molecule has 1 aliphatic heterocycles. The van der Waals surface area contributed by atoms with Crippen molar-refractivity contribution in [2.45, 2.75) is 45.2 Å². The minimum absolute atomic E-state index is 0.131. The number of carbonyl (C=O) groups excluding carboxylic acids is 3. The molecule has 8 heteroatoms. The van der Waals surface area contributed by atoms with Crippen LogP contribution in [0.4, 0.5) is 0 Å². The van der Waals surface area contributed by atoms with E-state index in [1.165, 1.54) is 6.92 Å². The molecular weight excluding hydrogens is 270 g/mol. The third-order valence-electron chi connectivity index (χ3n) is 2.48. The first kappa shape index (κ1) is 15.9. The highest BCUT2D eigenvalue weighted by atomic mass is 16.6. The van der Waals surface area contributed by atoms with Crippen molar-refractivity contribution < 1.29 is 33.3 Å². The summed E-state index contributed by atoms with van der Waals surface area (Å²) in [5.74, 6) is -1.92. The summed E-state index contributed by atoms with van der Waals surface area (Å²) in [5.41, 5.74) is 0. The summed E-state index contributed by atoms with van der Waals surface area (Å²) in [7, 11) is 0. The van der Waals surface area contributed by atoms with Gasteiger partial charge in [0.1, 0.15) is 0 Å². The van der Waals surface area contributed by atoms with Crippen LogP contribution in [-0.2, 0) is 33.3 Å². The number of nitrogens with zero attached hydrogens (tertiary/aromatic N) is 1. The molecular formula is C12H15NO7. The molecule has 1 heterocycles. The highest BCUT2D eigenvalue weighted by Gasteiger charge is 2.46. The van der Waals surface area contributed by atoms with Gasteiger partial charge in [0.2, 0.25) is 0 Å². The monoisotopic (exact) mass is 285 g/mol. The highest BCUT2D eigenvalue weighted by Crippen LogP contribution is 2.24. The molecule has 1 fully saturated rings. The Morgan fingerprint density at radius 1 is 1.00 bits per heavy atom. The van der Waals surface area contributed by atoms with Crippen LogP contribution in [0.15, 0.2) is 0 Å². The largest absolute Gasteiger partial charge is 0.456 e. The Morgan fingerprint density at radius 2 is 1.50 bits per heavy atom. The number of esters is 3. The van der Waals surface area contributed by atoms with Gasteiger partial charge in [-0.1, -0.05) is 0 Å². The van der Waals surface area contributed by atoms with Gasteiger partial charge in [-0.25, -0.2) is 0 Å². The van der Waals surface area contributed by atoms with Crippen molar-refractivity contribution in [3.05, 3.63) is 0 Å². The molecule has 0 radical (unpaired) electrons. The van der Waals surface area contributed by atoms with Gasteiger partial charge in [-0.3, -0.25) is 14.4 Å². The summed E-state index contributed by atoms with van der Waals surface area (Å²) < 4.78 is 20.1. The van der Waals surface area contributed by atoms with Crippen LogP contribution < -0.4 is 0 Å². The van der Waals surface area contributed by atoms with Crippen molar-refractivity contribution in [1.29, 1.82) is 5.26 Å². The molecule has 0 unspecified atom stereocenters. The van der Waals surface area contributed by atoms with Crippen molar-refractivity contribution in [3.8, 4) is 6.07 Å². The smallest absolute Gasteiger partial charge is 0.303 e. The normalized spacial score (nSPS) is 28.9. The zero-order chi connectivity index (χ0) is 15.3. The summed E-state index contributed by atoms with van der Waals surface area (Å²) in [5, 5.41) is 8.98. The minimum Gasteiger partial charge on any atom is -0.456 e. The molecule has 0 bridgehead atoms. The fourth-order valence-corrected chi connectivity index (χ4v) is 1.85. The van der Waals surface area contributed by atoms with Crippen LogP contribution >= 0.6 is 0 Å². The Bertz CT molecular complexity index is 442. The van der Waals surface area contributed by atoms with Crippen molar-refractivity contribution in [1.82, 2.24) is 0 Å². The predicted molar refractivity (Wildman–Crippen MR) is 62.0 cm³/mol. The predicted octanol–water partition coefficient (Wildman–Crippen LogP) is -0.296. The lowest BCUT2D eigenvalue weighted by Crippen LogP contribution is -2.57. The van der Waals surface area contributed by atoms with Crippen molar-refractivity contribution in [3.63, 3.8) is 0 Å². The first-order valence-corrected chi connectivity index (χ1v) is 5.88. The van der Waals surface area contributed by atoms with Crippen LogP contribution in [0.1, 0.15) is 20.8 Å². The summed E-state index contributed by atoms with van der Waals surface area (Å²) in [6.45, 7) is 3.36. The molecule has 0 aromatic heterocycles. The zero-order valence-electron chi connectivity index (χ0n) is 11.3. The number of hydrogen-bond acceptors (Lipinski definition) is 8. The Labute approximate surface area is 115 Å². The first-order chi connectivity index (χ1) is 9.35. The molecule has 1 saturated heterocycles. The molecule has 8 nitrogen and oxygen atoms in total. The van der Waals surface area contributed by atoms with E-state index in [0.717, 1.165) is 13.8 Å². The average molecular weight is 285 g/mol. The van der Waals surface area contributed by atoms with E-state index >= 15 is 0 Å². The van der Waals surface area contributed by atoms with Gasteiger partial charge in [0.15, 0.2) is 24.4 Å². The Hall–Kier alpha value is -2.14. The van der Waals surface area contributed by atoms with Crippen LogP contribution in [0.3, 0.4) is 0 Å². The number of carbonyl (C=O) groups is 3. The summed E-state index contributed by atoms with van der Waals surface area (Å²) in [6.07, 6.45) is -4.28. The lowest BCUT2D eigenvalue weighted by atomic mass is 10.00. The molecule has 0 N–H and O–H groups in total. The maximum atomic E-state index is 11.1. The SMILES string of the molecule is CC(=O)O[C@@H]1[C@H](OC(C)=O)[C@@H](C#N)OC[C@H]1OC(C)=O. The van der Waals surface area contributed by atoms with Crippen molar-refractivity contribution in [2.24, 2.45) is 0 Å². The summed E-state index contributed by atoms with van der Waals surface area (Å²) in [6, 6.07) is 1.81. The molecule has 110 valence electrons. The maximum Gasteiger partial charge on any atom is 0.303 e. The van der Waals surface area contributed by atoms with E-state index in [9.17, 15) is 14.4 Å². The van der Waals surface area contributed by atoms with Crippen LogP contribution in [0.25, 0.3) is 0 Å². The molecule has 0 spiro atoms. The number of ether oxygens (including phenoxy) is 4. The van der Waals surface area contributed by atoms with E-state index in [-0.39, 0.29) is 6.61 Å². The average Bonchev–Trinajstić information content (AvgIpc) is 2.31. The third-order valence-corrected chi connectivity index (χ3v) is 2.48. The fourth-order valence-electron chi connectivity index (χ4n) is 1.85. The maximum absolute atomic E-state index is 11.1. The lowest BCUT2D eigenvalue weighted by molar-refractivity contribution is -0.217. The number of hydrogen-bond donors (Lipinski definition) is 0. The van der Waals surface area contributed by atoms with Crippen LogP contribution in [-0.4, -0.2) is 48.9 Å².